The summed E-state index contributed by atoms with van der Waals surface area (Å²) in [4.78, 5) is 117. The number of carbonyl (C=O) groups is 8. The monoisotopic (exact) mass is 1470 g/mol. The maximum absolute atomic E-state index is 15.1. The number of rotatable bonds is 23. The van der Waals surface area contributed by atoms with Gasteiger partial charge in [-0.25, -0.2) is 4.79 Å². The summed E-state index contributed by atoms with van der Waals surface area (Å²) in [6, 6.07) is 21.0. The number of nitrogens with zero attached hydrogens (tertiary/aromatic N) is 4. The third-order valence-electron chi connectivity index (χ3n) is 17.4. The van der Waals surface area contributed by atoms with Gasteiger partial charge in [-0.3, -0.25) is 38.1 Å². The van der Waals surface area contributed by atoms with Crippen LogP contribution in [-0.2, 0) is 61.7 Å². The van der Waals surface area contributed by atoms with Crippen LogP contribution >= 0.6 is 11.3 Å². The maximum atomic E-state index is 15.1. The van der Waals surface area contributed by atoms with Crippen LogP contribution in [0.5, 0.6) is 17.2 Å². The van der Waals surface area contributed by atoms with Crippen LogP contribution in [0.4, 0.5) is 4.79 Å². The van der Waals surface area contributed by atoms with Gasteiger partial charge >= 0.3 is 16.5 Å². The van der Waals surface area contributed by atoms with E-state index in [9.17, 15) is 82.3 Å². The molecule has 13 atom stereocenters. The summed E-state index contributed by atoms with van der Waals surface area (Å²) in [5.74, 6) is -10.2. The molecule has 1 aromatic heterocycles. The number of aliphatic hydroxyl groups is 6. The zero-order valence-electron chi connectivity index (χ0n) is 56.1. The highest BCUT2D eigenvalue weighted by atomic mass is 32.3. The lowest BCUT2D eigenvalue weighted by Gasteiger charge is -2.34. The van der Waals surface area contributed by atoms with Gasteiger partial charge in [0.2, 0.25) is 35.4 Å². The minimum absolute atomic E-state index is 0.0169. The molecule has 4 heterocycles. The first-order valence-corrected chi connectivity index (χ1v) is 35.3. The van der Waals surface area contributed by atoms with Crippen LogP contribution in [0.15, 0.2) is 121 Å². The molecule has 0 spiro atoms. The van der Waals surface area contributed by atoms with Gasteiger partial charge in [-0.15, -0.1) is 10.2 Å². The van der Waals surface area contributed by atoms with Crippen LogP contribution in [-0.4, -0.2) is 235 Å². The molecule has 34 heteroatoms. The van der Waals surface area contributed by atoms with Crippen molar-refractivity contribution < 1.29 is 105 Å². The van der Waals surface area contributed by atoms with E-state index < -0.39 is 200 Å². The number of aromatic hydroxyl groups is 1. The lowest BCUT2D eigenvalue weighted by molar-refractivity contribution is -0.147. The molecule has 0 bridgehead atoms. The molecule has 9 rings (SSSR count). The summed E-state index contributed by atoms with van der Waals surface area (Å²) >= 11 is 1.28. The lowest BCUT2D eigenvalue weighted by atomic mass is 9.98. The molecule has 0 radical (unpaired) electrons. The van der Waals surface area contributed by atoms with Gasteiger partial charge in [0, 0.05) is 87.7 Å². The number of phenols is 1. The molecule has 4 unspecified atom stereocenters. The van der Waals surface area contributed by atoms with E-state index in [4.69, 9.17) is 14.2 Å². The third kappa shape index (κ3) is 20.8. The number of β-amino-alcohol motifs (C(OH)–C–C–N with tert-alkyl or cyclic N) is 1. The van der Waals surface area contributed by atoms with Crippen molar-refractivity contribution in [2.45, 2.75) is 132 Å². The molecule has 6 aromatic rings. The molecular weight excluding hydrogens is 1380 g/mol. The van der Waals surface area contributed by atoms with Crippen molar-refractivity contribution in [2.75, 3.05) is 46.0 Å². The number of amides is 8. The van der Waals surface area contributed by atoms with E-state index in [-0.39, 0.29) is 17.7 Å². The van der Waals surface area contributed by atoms with Gasteiger partial charge in [0.05, 0.1) is 43.2 Å². The van der Waals surface area contributed by atoms with E-state index in [1.807, 2.05) is 55.5 Å². The molecule has 552 valence electrons. The Labute approximate surface area is 595 Å². The minimum Gasteiger partial charge on any atom is -0.504 e. The normalized spacial score (nSPS) is 23.3. The molecule has 8 amide bonds. The van der Waals surface area contributed by atoms with Gasteiger partial charge in [0.1, 0.15) is 58.6 Å². The average molecular weight is 1470 g/mol. The van der Waals surface area contributed by atoms with Crippen LogP contribution in [0, 0.1) is 5.92 Å². The van der Waals surface area contributed by atoms with Crippen molar-refractivity contribution >= 4 is 69.2 Å². The van der Waals surface area contributed by atoms with Crippen LogP contribution in [0.1, 0.15) is 67.9 Å². The van der Waals surface area contributed by atoms with Crippen LogP contribution < -0.4 is 40.8 Å². The SMILES string of the molecule is CCOCCCOc1ccc(-c2ccc(-c3nnc(-c4ccc(C(=O)NC5C[C@@H](O)CNC(=O)C6[C@@H](O)[C@@H](C)CN6C(=O)C([C@@H](O)CCNC(=O)OCc6ccccc6)NC(=O)[C@H]([C@H](O)Cc6ccc(O)c(OS(=O)(=O)O)c6)NC(=O)C6C[C@@H](O)CN6C(=O)[C@H]([C@@H](C)O)NC5=O)cc4)s3)cc2)cc1. The summed E-state index contributed by atoms with van der Waals surface area (Å²) in [7, 11) is -5.26. The number of carbonyl (C=O) groups excluding carboxylic acids is 8. The quantitative estimate of drug-likeness (QED) is 0.0307. The number of phenolic OH excluding ortho intramolecular Hbond substituents is 1. The molecular formula is C69H82N10O22S2. The number of aromatic nitrogens is 2. The standard InChI is InChI=1S/C69H82N10O22S2/c1-4-98-27-8-28-99-48-22-20-42(21-23-48)41-12-16-44(17-13-41)65-76-77-66(102-65)45-18-14-43(15-19-45)60(87)72-49-31-46(81)33-71-64(91)58-59(86)37(2)34-79(58)68(93)57(52(84)25-26-70-69(94)100-36-39-9-6-5-7-10-39)75-63(90)56(53(85)29-40-11-24-51(83)54(30-40)101-103(95,96)97)74-62(89)50-32-47(82)35-78(50)67(92)55(38(3)80)73-61(49)88/h5-7,9-24,30,37-38,46-47,49-50,52-53,55-59,80-86H,4,8,25-29,31-36H2,1-3H3,(H,70,94)(H,71,91)(H,72,87)(H,73,88)(H,74,89)(H,75,90)(H,95,96,97)/t37-,38+,46+,47+,49?,50?,52-,53+,55-,56-,57?,58?,59-/m0/s1. The fraction of sp³-hybridized carbons (Fsp3) is 0.420. The summed E-state index contributed by atoms with van der Waals surface area (Å²) in [6.07, 6.45) is -13.7. The second kappa shape index (κ2) is 35.4. The Bertz CT molecular complexity index is 4060. The van der Waals surface area contributed by atoms with Gasteiger partial charge in [0.25, 0.3) is 5.91 Å². The maximum Gasteiger partial charge on any atom is 0.446 e. The molecule has 3 fully saturated rings. The average Bonchev–Trinajstić information content (AvgIpc) is 1.66. The topological polar surface area (TPSA) is 474 Å². The van der Waals surface area contributed by atoms with E-state index in [2.05, 4.69) is 46.3 Å². The largest absolute Gasteiger partial charge is 0.504 e. The van der Waals surface area contributed by atoms with Gasteiger partial charge in [0.15, 0.2) is 11.5 Å². The smallest absolute Gasteiger partial charge is 0.446 e. The van der Waals surface area contributed by atoms with Crippen LogP contribution in [0.2, 0.25) is 0 Å². The third-order valence-corrected chi connectivity index (χ3v) is 18.8. The van der Waals surface area contributed by atoms with E-state index in [1.54, 1.807) is 42.5 Å². The Morgan fingerprint density at radius 3 is 1.97 bits per heavy atom. The molecule has 103 heavy (non-hydrogen) atoms. The van der Waals surface area contributed by atoms with Crippen LogP contribution in [0.3, 0.4) is 0 Å². The number of alkyl carbamates (subject to hydrolysis) is 1. The van der Waals surface area contributed by atoms with Gasteiger partial charge in [-0.2, -0.15) is 8.42 Å². The van der Waals surface area contributed by atoms with Crippen molar-refractivity contribution in [3.63, 3.8) is 0 Å². The molecule has 14 N–H and O–H groups in total. The highest BCUT2D eigenvalue weighted by Gasteiger charge is 2.50. The highest BCUT2D eigenvalue weighted by molar-refractivity contribution is 7.81. The first-order chi connectivity index (χ1) is 49.1. The number of nitrogens with one attached hydrogen (secondary N) is 6. The fourth-order valence-electron chi connectivity index (χ4n) is 11.9. The lowest BCUT2D eigenvalue weighted by Crippen LogP contribution is -2.64. The predicted octanol–water partition coefficient (Wildman–Crippen LogP) is 0.497. The van der Waals surface area contributed by atoms with E-state index >= 15 is 4.79 Å². The zero-order valence-corrected chi connectivity index (χ0v) is 57.8. The Kier molecular flexibility index (Phi) is 26.6. The molecule has 3 aliphatic rings. The number of ether oxygens (including phenoxy) is 3. The minimum atomic E-state index is -5.26. The molecule has 3 aliphatic heterocycles. The molecule has 32 nitrogen and oxygen atoms in total. The second-order valence-corrected chi connectivity index (χ2v) is 27.1. The van der Waals surface area contributed by atoms with Crippen molar-refractivity contribution in [1.29, 1.82) is 0 Å². The summed E-state index contributed by atoms with van der Waals surface area (Å²) in [5, 5.41) is 104. The zero-order chi connectivity index (χ0) is 74.2. The molecule has 3 saturated heterocycles. The van der Waals surface area contributed by atoms with E-state index in [0.717, 1.165) is 63.8 Å². The van der Waals surface area contributed by atoms with Gasteiger partial charge in [-0.1, -0.05) is 103 Å². The molecule has 0 saturated carbocycles. The summed E-state index contributed by atoms with van der Waals surface area (Å²) in [6.45, 7) is 3.91. The predicted molar refractivity (Wildman–Crippen MR) is 367 cm³/mol. The molecule has 0 aliphatic carbocycles. The van der Waals surface area contributed by atoms with Crippen LogP contribution in [0.25, 0.3) is 32.3 Å². The number of hydrogen-bond acceptors (Lipinski definition) is 24. The highest BCUT2D eigenvalue weighted by Crippen LogP contribution is 2.34. The second-order valence-electron chi connectivity index (χ2n) is 25.1. The number of aliphatic hydroxyl groups excluding tert-OH is 6. The van der Waals surface area contributed by atoms with Crippen molar-refractivity contribution in [3.05, 3.63) is 138 Å². The Morgan fingerprint density at radius 2 is 1.32 bits per heavy atom. The fourth-order valence-corrected chi connectivity index (χ4v) is 13.1. The van der Waals surface area contributed by atoms with Crippen molar-refractivity contribution in [2.24, 2.45) is 5.92 Å². The Balaban J connectivity index is 0.975. The van der Waals surface area contributed by atoms with Gasteiger partial charge in [-0.05, 0) is 78.9 Å². The number of fused-ring (bicyclic) bond motifs is 2. The summed E-state index contributed by atoms with van der Waals surface area (Å²) in [5.41, 5.74) is 3.76. The number of benzene rings is 5. The summed E-state index contributed by atoms with van der Waals surface area (Å²) < 4.78 is 53.7. The van der Waals surface area contributed by atoms with E-state index in [0.29, 0.717) is 41.0 Å². The Morgan fingerprint density at radius 1 is 0.699 bits per heavy atom. The van der Waals surface area contributed by atoms with Gasteiger partial charge < -0.3 is 95.8 Å². The molecule has 5 aromatic carbocycles. The van der Waals surface area contributed by atoms with Crippen molar-refractivity contribution in [1.82, 2.24) is 51.9 Å². The van der Waals surface area contributed by atoms with Crippen molar-refractivity contribution in [3.8, 4) is 49.5 Å². The first kappa shape index (κ1) is 77.4. The van der Waals surface area contributed by atoms with E-state index in [1.165, 1.54) is 30.4 Å². The number of hydrogen-bond donors (Lipinski definition) is 14. The Hall–Kier alpha value is -9.75. The first-order valence-electron chi connectivity index (χ1n) is 33.1.